The molecule has 80 valence electrons. The molecule has 0 unspecified atom stereocenters. The number of amides is 1. The van der Waals surface area contributed by atoms with Crippen LogP contribution in [0.15, 0.2) is 42.6 Å². The molecule has 1 N–H and O–H groups in total. The molecule has 4 nitrogen and oxygen atoms in total. The minimum atomic E-state index is -0.296. The summed E-state index contributed by atoms with van der Waals surface area (Å²) < 4.78 is 0. The van der Waals surface area contributed by atoms with E-state index in [0.29, 0.717) is 10.7 Å². The van der Waals surface area contributed by atoms with Crippen molar-refractivity contribution in [2.75, 3.05) is 5.32 Å². The van der Waals surface area contributed by atoms with Crippen molar-refractivity contribution in [2.24, 2.45) is 0 Å². The van der Waals surface area contributed by atoms with E-state index in [-0.39, 0.29) is 11.6 Å². The fraction of sp³-hybridized carbons (Fsp3) is 0. The maximum Gasteiger partial charge on any atom is 0.276 e. The van der Waals surface area contributed by atoms with Crippen molar-refractivity contribution in [1.29, 1.82) is 0 Å². The number of nitrogens with zero attached hydrogens (tertiary/aromatic N) is 2. The summed E-state index contributed by atoms with van der Waals surface area (Å²) in [5.74, 6) is -0.296. The van der Waals surface area contributed by atoms with Gasteiger partial charge in [-0.05, 0) is 36.4 Å². The largest absolute Gasteiger partial charge is 0.321 e. The Bertz CT molecular complexity index is 484. The monoisotopic (exact) mass is 233 g/mol. The van der Waals surface area contributed by atoms with Gasteiger partial charge in [0.2, 0.25) is 0 Å². The lowest BCUT2D eigenvalue weighted by molar-refractivity contribution is 0.102. The van der Waals surface area contributed by atoms with Crippen molar-refractivity contribution in [2.45, 2.75) is 0 Å². The van der Waals surface area contributed by atoms with Gasteiger partial charge in [-0.25, -0.2) is 0 Å². The Morgan fingerprint density at radius 3 is 2.56 bits per heavy atom. The van der Waals surface area contributed by atoms with Gasteiger partial charge in [-0.1, -0.05) is 11.6 Å². The summed E-state index contributed by atoms with van der Waals surface area (Å²) in [5, 5.41) is 10.6. The second-order valence-corrected chi connectivity index (χ2v) is 3.51. The highest BCUT2D eigenvalue weighted by atomic mass is 35.5. The van der Waals surface area contributed by atoms with Crippen LogP contribution in [0.3, 0.4) is 0 Å². The van der Waals surface area contributed by atoms with Gasteiger partial charge in [-0.3, -0.25) is 4.79 Å². The molecule has 1 aromatic heterocycles. The molecule has 0 aliphatic heterocycles. The zero-order valence-electron chi connectivity index (χ0n) is 8.22. The predicted molar refractivity (Wildman–Crippen MR) is 61.4 cm³/mol. The van der Waals surface area contributed by atoms with E-state index in [9.17, 15) is 4.79 Å². The van der Waals surface area contributed by atoms with Gasteiger partial charge in [-0.2, -0.15) is 5.10 Å². The van der Waals surface area contributed by atoms with Crippen molar-refractivity contribution in [3.63, 3.8) is 0 Å². The number of anilines is 1. The molecule has 16 heavy (non-hydrogen) atoms. The molecule has 0 saturated carbocycles. The molecular weight excluding hydrogens is 226 g/mol. The number of benzene rings is 1. The van der Waals surface area contributed by atoms with E-state index < -0.39 is 0 Å². The van der Waals surface area contributed by atoms with E-state index >= 15 is 0 Å². The zero-order chi connectivity index (χ0) is 11.4. The Labute approximate surface area is 97.3 Å². The maximum absolute atomic E-state index is 11.7. The lowest BCUT2D eigenvalue weighted by atomic mass is 10.3. The highest BCUT2D eigenvalue weighted by Gasteiger charge is 2.06. The van der Waals surface area contributed by atoms with Crippen molar-refractivity contribution in [3.05, 3.63) is 53.3 Å². The Morgan fingerprint density at radius 2 is 1.94 bits per heavy atom. The summed E-state index contributed by atoms with van der Waals surface area (Å²) in [6, 6.07) is 10.1. The van der Waals surface area contributed by atoms with Gasteiger partial charge in [0, 0.05) is 16.9 Å². The zero-order valence-corrected chi connectivity index (χ0v) is 8.98. The third kappa shape index (κ3) is 2.55. The number of hydrogen-bond acceptors (Lipinski definition) is 3. The normalized spacial score (nSPS) is 9.81. The van der Waals surface area contributed by atoms with Gasteiger partial charge in [0.05, 0.1) is 0 Å². The Kier molecular flexibility index (Phi) is 3.12. The van der Waals surface area contributed by atoms with Crippen LogP contribution in [0.5, 0.6) is 0 Å². The molecule has 0 aliphatic rings. The van der Waals surface area contributed by atoms with E-state index in [2.05, 4.69) is 15.5 Å². The number of aromatic nitrogens is 2. The van der Waals surface area contributed by atoms with Gasteiger partial charge < -0.3 is 5.32 Å². The smallest absolute Gasteiger partial charge is 0.276 e. The van der Waals surface area contributed by atoms with Crippen LogP contribution >= 0.6 is 11.6 Å². The van der Waals surface area contributed by atoms with Crippen LogP contribution in [-0.4, -0.2) is 16.1 Å². The molecule has 2 aromatic rings. The summed E-state index contributed by atoms with van der Waals surface area (Å²) >= 11 is 5.73. The third-order valence-electron chi connectivity index (χ3n) is 1.91. The number of rotatable bonds is 2. The van der Waals surface area contributed by atoms with Crippen LogP contribution in [0.2, 0.25) is 5.02 Å². The van der Waals surface area contributed by atoms with E-state index in [0.717, 1.165) is 0 Å². The summed E-state index contributed by atoms with van der Waals surface area (Å²) in [4.78, 5) is 11.7. The van der Waals surface area contributed by atoms with Crippen molar-refractivity contribution >= 4 is 23.2 Å². The van der Waals surface area contributed by atoms with E-state index in [1.54, 1.807) is 36.4 Å². The second kappa shape index (κ2) is 4.72. The lowest BCUT2D eigenvalue weighted by Crippen LogP contribution is -2.13. The maximum atomic E-state index is 11.7. The van der Waals surface area contributed by atoms with E-state index in [4.69, 9.17) is 11.6 Å². The average molecular weight is 234 g/mol. The number of hydrogen-bond donors (Lipinski definition) is 1. The van der Waals surface area contributed by atoms with Crippen LogP contribution in [0.25, 0.3) is 0 Å². The van der Waals surface area contributed by atoms with Crippen LogP contribution in [0.4, 0.5) is 5.69 Å². The van der Waals surface area contributed by atoms with E-state index in [1.165, 1.54) is 6.20 Å². The Hall–Kier alpha value is -1.94. The Balaban J connectivity index is 2.11. The number of carbonyl (C=O) groups is 1. The minimum Gasteiger partial charge on any atom is -0.321 e. The first-order valence-corrected chi connectivity index (χ1v) is 4.98. The molecule has 0 fully saturated rings. The SMILES string of the molecule is O=C(Nc1ccc(Cl)cc1)c1cccnn1. The van der Waals surface area contributed by atoms with Crippen molar-refractivity contribution in [3.8, 4) is 0 Å². The standard InChI is InChI=1S/C11H8ClN3O/c12-8-3-5-9(6-4-8)14-11(16)10-2-1-7-13-15-10/h1-7H,(H,14,16). The summed E-state index contributed by atoms with van der Waals surface area (Å²) in [7, 11) is 0. The molecule has 0 radical (unpaired) electrons. The molecule has 0 bridgehead atoms. The van der Waals surface area contributed by atoms with Crippen molar-refractivity contribution < 1.29 is 4.79 Å². The summed E-state index contributed by atoms with van der Waals surface area (Å²) in [6.07, 6.45) is 1.51. The average Bonchev–Trinajstić information content (AvgIpc) is 2.33. The molecule has 0 spiro atoms. The summed E-state index contributed by atoms with van der Waals surface area (Å²) in [5.41, 5.74) is 0.942. The second-order valence-electron chi connectivity index (χ2n) is 3.07. The minimum absolute atomic E-state index is 0.275. The topological polar surface area (TPSA) is 54.9 Å². The number of nitrogens with one attached hydrogen (secondary N) is 1. The fourth-order valence-corrected chi connectivity index (χ4v) is 1.28. The quantitative estimate of drug-likeness (QED) is 0.867. The number of halogens is 1. The highest BCUT2D eigenvalue weighted by molar-refractivity contribution is 6.30. The van der Waals surface area contributed by atoms with Gasteiger partial charge in [-0.15, -0.1) is 5.10 Å². The van der Waals surface area contributed by atoms with Gasteiger partial charge in [0.15, 0.2) is 5.69 Å². The highest BCUT2D eigenvalue weighted by Crippen LogP contribution is 2.13. The fourth-order valence-electron chi connectivity index (χ4n) is 1.15. The van der Waals surface area contributed by atoms with Crippen LogP contribution in [0, 0.1) is 0 Å². The number of carbonyl (C=O) groups excluding carboxylic acids is 1. The van der Waals surface area contributed by atoms with E-state index in [1.807, 2.05) is 0 Å². The molecular formula is C11H8ClN3O. The molecule has 5 heteroatoms. The molecule has 0 saturated heterocycles. The van der Waals surface area contributed by atoms with Crippen LogP contribution < -0.4 is 5.32 Å². The predicted octanol–water partition coefficient (Wildman–Crippen LogP) is 2.38. The van der Waals surface area contributed by atoms with Crippen LogP contribution in [0.1, 0.15) is 10.5 Å². The Morgan fingerprint density at radius 1 is 1.19 bits per heavy atom. The molecule has 1 aromatic carbocycles. The van der Waals surface area contributed by atoms with Crippen LogP contribution in [-0.2, 0) is 0 Å². The lowest BCUT2D eigenvalue weighted by Gasteiger charge is -2.03. The molecule has 0 aliphatic carbocycles. The first-order chi connectivity index (χ1) is 7.75. The molecule has 1 heterocycles. The first kappa shape index (κ1) is 10.6. The molecule has 0 atom stereocenters. The van der Waals surface area contributed by atoms with Gasteiger partial charge in [0.1, 0.15) is 0 Å². The van der Waals surface area contributed by atoms with Crippen molar-refractivity contribution in [1.82, 2.24) is 10.2 Å². The summed E-state index contributed by atoms with van der Waals surface area (Å²) in [6.45, 7) is 0. The molecule has 1 amide bonds. The van der Waals surface area contributed by atoms with Gasteiger partial charge in [0.25, 0.3) is 5.91 Å². The van der Waals surface area contributed by atoms with Gasteiger partial charge >= 0.3 is 0 Å². The molecule has 2 rings (SSSR count). The first-order valence-electron chi connectivity index (χ1n) is 4.60. The third-order valence-corrected chi connectivity index (χ3v) is 2.16.